The first-order valence-corrected chi connectivity index (χ1v) is 6.05. The zero-order valence-corrected chi connectivity index (χ0v) is 11.0. The van der Waals surface area contributed by atoms with Crippen LogP contribution in [0.15, 0.2) is 35.7 Å². The van der Waals surface area contributed by atoms with E-state index in [0.29, 0.717) is 0 Å². The van der Waals surface area contributed by atoms with Gasteiger partial charge in [-0.1, -0.05) is 5.16 Å². The molecule has 0 aliphatic carbocycles. The number of nitrogens with two attached hydrogens (primary N) is 1. The lowest BCUT2D eigenvalue weighted by atomic mass is 10.2. The number of aryl methyl sites for hydroxylation is 1. The Kier molecular flexibility index (Phi) is 4.19. The zero-order chi connectivity index (χ0) is 14.5. The molecular formula is C13H15FN4O2. The summed E-state index contributed by atoms with van der Waals surface area (Å²) in [5.74, 6) is -0.625. The number of nitrogens with zero attached hydrogens (tertiary/aromatic N) is 3. The van der Waals surface area contributed by atoms with Crippen LogP contribution in [-0.2, 0) is 13.2 Å². The fourth-order valence-electron chi connectivity index (χ4n) is 1.65. The summed E-state index contributed by atoms with van der Waals surface area (Å²) in [7, 11) is 0. The Labute approximate surface area is 115 Å². The Balaban J connectivity index is 2.06. The van der Waals surface area contributed by atoms with Gasteiger partial charge in [-0.2, -0.15) is 5.10 Å². The molecule has 0 bridgehead atoms. The fourth-order valence-corrected chi connectivity index (χ4v) is 1.65. The second kappa shape index (κ2) is 6.05. The Morgan fingerprint density at radius 3 is 2.95 bits per heavy atom. The van der Waals surface area contributed by atoms with Crippen molar-refractivity contribution >= 4 is 5.84 Å². The predicted molar refractivity (Wildman–Crippen MR) is 71.1 cm³/mol. The number of rotatable bonds is 5. The maximum absolute atomic E-state index is 13.8. The molecule has 20 heavy (non-hydrogen) atoms. The van der Waals surface area contributed by atoms with Gasteiger partial charge >= 0.3 is 0 Å². The van der Waals surface area contributed by atoms with E-state index in [0.717, 1.165) is 18.2 Å². The first-order valence-electron chi connectivity index (χ1n) is 6.05. The molecule has 106 valence electrons. The van der Waals surface area contributed by atoms with Gasteiger partial charge in [-0.15, -0.1) is 0 Å². The third kappa shape index (κ3) is 3.05. The summed E-state index contributed by atoms with van der Waals surface area (Å²) in [5, 5.41) is 15.4. The minimum atomic E-state index is -0.572. The van der Waals surface area contributed by atoms with Gasteiger partial charge in [0.25, 0.3) is 0 Å². The number of hydrogen-bond donors (Lipinski definition) is 2. The number of halogens is 1. The highest BCUT2D eigenvalue weighted by atomic mass is 19.1. The van der Waals surface area contributed by atoms with Crippen molar-refractivity contribution in [1.82, 2.24) is 9.78 Å². The van der Waals surface area contributed by atoms with Crippen molar-refractivity contribution in [2.45, 2.75) is 20.1 Å². The molecule has 0 aliphatic heterocycles. The van der Waals surface area contributed by atoms with E-state index in [2.05, 4.69) is 10.3 Å². The van der Waals surface area contributed by atoms with Crippen LogP contribution in [0.1, 0.15) is 18.1 Å². The maximum Gasteiger partial charge on any atom is 0.170 e. The molecule has 1 aromatic carbocycles. The van der Waals surface area contributed by atoms with Crippen molar-refractivity contribution in [1.29, 1.82) is 0 Å². The smallest absolute Gasteiger partial charge is 0.170 e. The highest BCUT2D eigenvalue weighted by molar-refractivity contribution is 5.97. The van der Waals surface area contributed by atoms with Gasteiger partial charge in [0.2, 0.25) is 0 Å². The number of ether oxygens (including phenoxy) is 1. The molecule has 1 heterocycles. The summed E-state index contributed by atoms with van der Waals surface area (Å²) in [6.07, 6.45) is 3.51. The van der Waals surface area contributed by atoms with Gasteiger partial charge < -0.3 is 15.7 Å². The summed E-state index contributed by atoms with van der Waals surface area (Å²) in [4.78, 5) is 0. The summed E-state index contributed by atoms with van der Waals surface area (Å²) >= 11 is 0. The number of oxime groups is 1. The van der Waals surface area contributed by atoms with Crippen molar-refractivity contribution in [2.75, 3.05) is 0 Å². The average molecular weight is 278 g/mol. The van der Waals surface area contributed by atoms with Gasteiger partial charge in [0.05, 0.1) is 6.20 Å². The lowest BCUT2D eigenvalue weighted by Gasteiger charge is -2.07. The summed E-state index contributed by atoms with van der Waals surface area (Å²) in [5.41, 5.74) is 6.52. The lowest BCUT2D eigenvalue weighted by molar-refractivity contribution is 0.290. The van der Waals surface area contributed by atoms with Crippen LogP contribution in [-0.4, -0.2) is 20.8 Å². The maximum atomic E-state index is 13.8. The van der Waals surface area contributed by atoms with Crippen molar-refractivity contribution in [3.05, 3.63) is 47.5 Å². The van der Waals surface area contributed by atoms with Crippen LogP contribution in [0.3, 0.4) is 0 Å². The summed E-state index contributed by atoms with van der Waals surface area (Å²) < 4.78 is 20.9. The van der Waals surface area contributed by atoms with Crippen LogP contribution >= 0.6 is 0 Å². The molecule has 1 aromatic heterocycles. The van der Waals surface area contributed by atoms with Gasteiger partial charge in [-0.3, -0.25) is 4.68 Å². The van der Waals surface area contributed by atoms with Gasteiger partial charge in [0, 0.05) is 23.9 Å². The van der Waals surface area contributed by atoms with E-state index in [4.69, 9.17) is 15.7 Å². The Hall–Kier alpha value is -2.57. The molecule has 0 atom stereocenters. The van der Waals surface area contributed by atoms with Gasteiger partial charge in [-0.25, -0.2) is 4.39 Å². The molecule has 0 amide bonds. The minimum Gasteiger partial charge on any atom is -0.486 e. The molecule has 0 spiro atoms. The van der Waals surface area contributed by atoms with Crippen LogP contribution in [0.25, 0.3) is 0 Å². The summed E-state index contributed by atoms with van der Waals surface area (Å²) in [6.45, 7) is 2.96. The zero-order valence-electron chi connectivity index (χ0n) is 11.0. The van der Waals surface area contributed by atoms with Gasteiger partial charge in [-0.05, 0) is 25.1 Å². The second-order valence-electron chi connectivity index (χ2n) is 4.12. The first kappa shape index (κ1) is 13.9. The van der Waals surface area contributed by atoms with Crippen molar-refractivity contribution in [2.24, 2.45) is 10.9 Å². The van der Waals surface area contributed by atoms with Gasteiger partial charge in [0.15, 0.2) is 17.4 Å². The van der Waals surface area contributed by atoms with E-state index in [1.807, 2.05) is 13.1 Å². The lowest BCUT2D eigenvalue weighted by Crippen LogP contribution is -2.13. The van der Waals surface area contributed by atoms with Crippen LogP contribution in [0.2, 0.25) is 0 Å². The van der Waals surface area contributed by atoms with E-state index in [-0.39, 0.29) is 23.8 Å². The molecule has 7 heteroatoms. The molecule has 0 radical (unpaired) electrons. The normalized spacial score (nSPS) is 11.6. The van der Waals surface area contributed by atoms with E-state index in [1.165, 1.54) is 12.1 Å². The highest BCUT2D eigenvalue weighted by Gasteiger charge is 2.08. The number of amidine groups is 1. The molecule has 0 unspecified atom stereocenters. The van der Waals surface area contributed by atoms with E-state index in [1.54, 1.807) is 10.9 Å². The molecule has 6 nitrogen and oxygen atoms in total. The second-order valence-corrected chi connectivity index (χ2v) is 4.12. The monoisotopic (exact) mass is 278 g/mol. The molecule has 0 fully saturated rings. The van der Waals surface area contributed by atoms with Crippen LogP contribution < -0.4 is 10.5 Å². The van der Waals surface area contributed by atoms with Crippen molar-refractivity contribution < 1.29 is 14.3 Å². The molecule has 2 rings (SSSR count). The molecule has 2 aromatic rings. The molecule has 0 saturated carbocycles. The first-order chi connectivity index (χ1) is 9.63. The molecule has 0 aliphatic rings. The van der Waals surface area contributed by atoms with Gasteiger partial charge in [0.1, 0.15) is 6.61 Å². The standard InChI is InChI=1S/C13H15FN4O2/c1-2-18-7-9(6-16-18)8-20-12-4-3-10(5-11(12)14)13(15)17-19/h3-7,19H,2,8H2,1H3,(H2,15,17). The molecule has 0 saturated heterocycles. The van der Waals surface area contributed by atoms with Crippen molar-refractivity contribution in [3.63, 3.8) is 0 Å². The Morgan fingerprint density at radius 2 is 2.35 bits per heavy atom. The summed E-state index contributed by atoms with van der Waals surface area (Å²) in [6, 6.07) is 4.11. The van der Waals surface area contributed by atoms with Crippen molar-refractivity contribution in [3.8, 4) is 5.75 Å². The Bertz CT molecular complexity index is 625. The minimum absolute atomic E-state index is 0.101. The van der Waals surface area contributed by atoms with Crippen LogP contribution in [0, 0.1) is 5.82 Å². The molecule has 3 N–H and O–H groups in total. The largest absolute Gasteiger partial charge is 0.486 e. The third-order valence-electron chi connectivity index (χ3n) is 2.74. The molecular weight excluding hydrogens is 263 g/mol. The third-order valence-corrected chi connectivity index (χ3v) is 2.74. The average Bonchev–Trinajstić information content (AvgIpc) is 2.93. The number of aromatic nitrogens is 2. The predicted octanol–water partition coefficient (Wildman–Crippen LogP) is 1.72. The highest BCUT2D eigenvalue weighted by Crippen LogP contribution is 2.19. The van der Waals surface area contributed by atoms with E-state index >= 15 is 0 Å². The quantitative estimate of drug-likeness (QED) is 0.377. The van der Waals surface area contributed by atoms with Crippen LogP contribution in [0.5, 0.6) is 5.75 Å². The number of hydrogen-bond acceptors (Lipinski definition) is 4. The topological polar surface area (TPSA) is 85.7 Å². The SMILES string of the molecule is CCn1cc(COc2ccc(/C(N)=N/O)cc2F)cn1. The van der Waals surface area contributed by atoms with E-state index < -0.39 is 5.82 Å². The fraction of sp³-hybridized carbons (Fsp3) is 0.231. The van der Waals surface area contributed by atoms with Crippen LogP contribution in [0.4, 0.5) is 4.39 Å². The Morgan fingerprint density at radius 1 is 1.55 bits per heavy atom. The number of benzene rings is 1. The van der Waals surface area contributed by atoms with E-state index in [9.17, 15) is 4.39 Å².